The molecular weight excluding hydrogens is 578 g/mol. The number of rotatable bonds is 11. The van der Waals surface area contributed by atoms with Crippen molar-refractivity contribution in [1.29, 1.82) is 0 Å². The molecular formula is C37H43N5O4. The monoisotopic (exact) mass is 621 g/mol. The van der Waals surface area contributed by atoms with Crippen LogP contribution in [0.3, 0.4) is 0 Å². The van der Waals surface area contributed by atoms with Gasteiger partial charge in [0.1, 0.15) is 12.1 Å². The van der Waals surface area contributed by atoms with E-state index in [-0.39, 0.29) is 36.6 Å². The van der Waals surface area contributed by atoms with Gasteiger partial charge in [-0.25, -0.2) is 0 Å². The second kappa shape index (κ2) is 15.5. The van der Waals surface area contributed by atoms with Crippen LogP contribution in [-0.2, 0) is 14.4 Å². The van der Waals surface area contributed by atoms with E-state index in [2.05, 4.69) is 21.3 Å². The smallest absolute Gasteiger partial charge is 0.251 e. The third-order valence-electron chi connectivity index (χ3n) is 8.87. The highest BCUT2D eigenvalue weighted by Gasteiger charge is 2.44. The number of hydrogen-bond acceptors (Lipinski definition) is 5. The highest BCUT2D eigenvalue weighted by molar-refractivity contribution is 5.97. The lowest BCUT2D eigenvalue weighted by Gasteiger charge is -2.32. The van der Waals surface area contributed by atoms with Crippen molar-refractivity contribution in [1.82, 2.24) is 26.2 Å². The summed E-state index contributed by atoms with van der Waals surface area (Å²) in [6, 6.07) is 25.1. The Morgan fingerprint density at radius 2 is 1.41 bits per heavy atom. The minimum absolute atomic E-state index is 0.137. The average molecular weight is 622 g/mol. The molecule has 2 aliphatic rings. The zero-order chi connectivity index (χ0) is 32.5. The Morgan fingerprint density at radius 3 is 1.98 bits per heavy atom. The summed E-state index contributed by atoms with van der Waals surface area (Å²) in [5, 5.41) is 12.2. The van der Waals surface area contributed by atoms with Gasteiger partial charge in [-0.05, 0) is 74.9 Å². The van der Waals surface area contributed by atoms with E-state index in [4.69, 9.17) is 0 Å². The average Bonchev–Trinajstić information content (AvgIpc) is 3.54. The van der Waals surface area contributed by atoms with Gasteiger partial charge in [-0.2, -0.15) is 0 Å². The van der Waals surface area contributed by atoms with Crippen molar-refractivity contribution in [2.75, 3.05) is 13.6 Å². The molecule has 0 saturated carbocycles. The van der Waals surface area contributed by atoms with Crippen molar-refractivity contribution in [2.24, 2.45) is 0 Å². The number of carbonyl (C=O) groups is 4. The molecule has 4 amide bonds. The first-order valence-electron chi connectivity index (χ1n) is 16.1. The van der Waals surface area contributed by atoms with Crippen molar-refractivity contribution >= 4 is 23.6 Å². The van der Waals surface area contributed by atoms with E-state index in [0.717, 1.165) is 36.0 Å². The standard InChI is InChI=1S/C37H43N5O4/c1-25(38-2)34(43)41-33(28-19-11-5-12-20-28)37(46)42-24-30(39-35(44)29-21-13-6-14-22-29)23-31(42)36(45)40-32(26-15-7-3-8-16-26)27-17-9-4-10-18-27/h3-4,6-10,13-19,21-22,25,30-33,38H,5,11-12,20,23-24H2,1-2H3,(H,39,44)(H,40,45)(H,41,43). The molecule has 9 heteroatoms. The number of likely N-dealkylation sites (N-methyl/N-ethyl adjacent to an activating group) is 1. The van der Waals surface area contributed by atoms with Crippen LogP contribution in [0.4, 0.5) is 0 Å². The van der Waals surface area contributed by atoms with Crippen LogP contribution >= 0.6 is 0 Å². The number of allylic oxidation sites excluding steroid dienone is 1. The lowest BCUT2D eigenvalue weighted by molar-refractivity contribution is -0.141. The number of hydrogen-bond donors (Lipinski definition) is 4. The van der Waals surface area contributed by atoms with Crippen molar-refractivity contribution in [3.63, 3.8) is 0 Å². The van der Waals surface area contributed by atoms with Gasteiger partial charge < -0.3 is 26.2 Å². The van der Waals surface area contributed by atoms with Gasteiger partial charge in [0.05, 0.1) is 12.1 Å². The van der Waals surface area contributed by atoms with Crippen LogP contribution in [0, 0.1) is 0 Å². The molecule has 240 valence electrons. The third kappa shape index (κ3) is 7.90. The predicted octanol–water partition coefficient (Wildman–Crippen LogP) is 3.88. The summed E-state index contributed by atoms with van der Waals surface area (Å²) in [7, 11) is 1.69. The van der Waals surface area contributed by atoms with Crippen LogP contribution in [0.5, 0.6) is 0 Å². The highest BCUT2D eigenvalue weighted by atomic mass is 16.2. The van der Waals surface area contributed by atoms with Crippen LogP contribution in [-0.4, -0.2) is 66.3 Å². The van der Waals surface area contributed by atoms with E-state index in [9.17, 15) is 19.2 Å². The van der Waals surface area contributed by atoms with Crippen molar-refractivity contribution in [3.05, 3.63) is 119 Å². The quantitative estimate of drug-likeness (QED) is 0.242. The molecule has 46 heavy (non-hydrogen) atoms. The lowest BCUT2D eigenvalue weighted by atomic mass is 9.92. The number of amides is 4. The fourth-order valence-corrected chi connectivity index (χ4v) is 6.18. The molecule has 1 heterocycles. The molecule has 0 aromatic heterocycles. The summed E-state index contributed by atoms with van der Waals surface area (Å²) in [5.74, 6) is -1.24. The van der Waals surface area contributed by atoms with E-state index in [1.54, 1.807) is 43.1 Å². The zero-order valence-corrected chi connectivity index (χ0v) is 26.4. The van der Waals surface area contributed by atoms with E-state index in [1.807, 2.05) is 72.8 Å². The SMILES string of the molecule is CNC(C)C(=O)NC(C(=O)N1CC(NC(=O)c2ccccc2)CC1C(=O)NC(c1ccccc1)c1ccccc1)C1=CCCCC1. The molecule has 1 aliphatic carbocycles. The van der Waals surface area contributed by atoms with Crippen LogP contribution < -0.4 is 21.3 Å². The molecule has 1 fully saturated rings. The molecule has 9 nitrogen and oxygen atoms in total. The van der Waals surface area contributed by atoms with Crippen LogP contribution in [0.15, 0.2) is 103 Å². The minimum atomic E-state index is -0.901. The van der Waals surface area contributed by atoms with Gasteiger partial charge in [0.2, 0.25) is 17.7 Å². The maximum Gasteiger partial charge on any atom is 0.251 e. The minimum Gasteiger partial charge on any atom is -0.347 e. The number of carbonyl (C=O) groups excluding carboxylic acids is 4. The van der Waals surface area contributed by atoms with Gasteiger partial charge in [0.25, 0.3) is 5.91 Å². The maximum absolute atomic E-state index is 14.5. The first-order chi connectivity index (χ1) is 22.4. The summed E-state index contributed by atoms with van der Waals surface area (Å²) in [4.78, 5) is 56.5. The Kier molecular flexibility index (Phi) is 11.0. The Labute approximate surface area is 270 Å². The van der Waals surface area contributed by atoms with Crippen LogP contribution in [0.1, 0.15) is 66.6 Å². The van der Waals surface area contributed by atoms with E-state index < -0.39 is 30.2 Å². The topological polar surface area (TPSA) is 120 Å². The molecule has 1 saturated heterocycles. The normalized spacial score (nSPS) is 19.1. The van der Waals surface area contributed by atoms with Gasteiger partial charge >= 0.3 is 0 Å². The van der Waals surface area contributed by atoms with Gasteiger partial charge in [-0.3, -0.25) is 19.2 Å². The van der Waals surface area contributed by atoms with Gasteiger partial charge in [0, 0.05) is 18.2 Å². The van der Waals surface area contributed by atoms with Gasteiger partial charge in [0.15, 0.2) is 0 Å². The lowest BCUT2D eigenvalue weighted by Crippen LogP contribution is -2.56. The molecule has 5 rings (SSSR count). The predicted molar refractivity (Wildman–Crippen MR) is 178 cm³/mol. The molecule has 1 aliphatic heterocycles. The second-order valence-corrected chi connectivity index (χ2v) is 12.0. The summed E-state index contributed by atoms with van der Waals surface area (Å²) in [5.41, 5.74) is 3.17. The molecule has 0 radical (unpaired) electrons. The van der Waals surface area contributed by atoms with Crippen LogP contribution in [0.2, 0.25) is 0 Å². The Balaban J connectivity index is 1.45. The van der Waals surface area contributed by atoms with E-state index in [1.165, 1.54) is 0 Å². The summed E-state index contributed by atoms with van der Waals surface area (Å²) < 4.78 is 0. The Bertz CT molecular complexity index is 1490. The summed E-state index contributed by atoms with van der Waals surface area (Å²) >= 11 is 0. The first-order valence-corrected chi connectivity index (χ1v) is 16.1. The summed E-state index contributed by atoms with van der Waals surface area (Å²) in [6.07, 6.45) is 5.73. The van der Waals surface area contributed by atoms with Crippen molar-refractivity contribution in [3.8, 4) is 0 Å². The number of likely N-dealkylation sites (tertiary alicyclic amines) is 1. The number of nitrogens with one attached hydrogen (secondary N) is 4. The molecule has 3 aromatic rings. The Hall–Kier alpha value is -4.76. The van der Waals surface area contributed by atoms with E-state index in [0.29, 0.717) is 12.0 Å². The van der Waals surface area contributed by atoms with Crippen molar-refractivity contribution in [2.45, 2.75) is 69.2 Å². The highest BCUT2D eigenvalue weighted by Crippen LogP contribution is 2.28. The molecule has 0 bridgehead atoms. The third-order valence-corrected chi connectivity index (χ3v) is 8.87. The number of benzene rings is 3. The molecule has 4 N–H and O–H groups in total. The zero-order valence-electron chi connectivity index (χ0n) is 26.4. The number of nitrogens with zero attached hydrogens (tertiary/aromatic N) is 1. The first kappa shape index (κ1) is 32.6. The summed E-state index contributed by atoms with van der Waals surface area (Å²) in [6.45, 7) is 1.87. The molecule has 4 atom stereocenters. The maximum atomic E-state index is 14.5. The molecule has 0 spiro atoms. The Morgan fingerprint density at radius 1 is 0.804 bits per heavy atom. The largest absolute Gasteiger partial charge is 0.347 e. The van der Waals surface area contributed by atoms with Crippen molar-refractivity contribution < 1.29 is 19.2 Å². The fraction of sp³-hybridized carbons (Fsp3) is 0.351. The van der Waals surface area contributed by atoms with E-state index >= 15 is 0 Å². The fourth-order valence-electron chi connectivity index (χ4n) is 6.18. The second-order valence-electron chi connectivity index (χ2n) is 12.0. The van der Waals surface area contributed by atoms with Gasteiger partial charge in [-0.15, -0.1) is 0 Å². The van der Waals surface area contributed by atoms with Crippen LogP contribution in [0.25, 0.3) is 0 Å². The molecule has 3 aromatic carbocycles. The van der Waals surface area contributed by atoms with Gasteiger partial charge in [-0.1, -0.05) is 84.9 Å². The molecule has 4 unspecified atom stereocenters.